The van der Waals surface area contributed by atoms with Crippen molar-refractivity contribution < 1.29 is 15.0 Å². The Morgan fingerprint density at radius 1 is 1.33 bits per heavy atom. The van der Waals surface area contributed by atoms with Crippen molar-refractivity contribution in [1.82, 2.24) is 9.97 Å². The summed E-state index contributed by atoms with van der Waals surface area (Å²) in [6.07, 6.45) is 10.4. The number of carboxylic acid groups (broad SMARTS) is 1. The van der Waals surface area contributed by atoms with Gasteiger partial charge in [-0.2, -0.15) is 0 Å². The molecule has 2 aromatic rings. The van der Waals surface area contributed by atoms with E-state index in [1.165, 1.54) is 12.8 Å². The first kappa shape index (κ1) is 16.8. The SMILES string of the molecule is CC(=Cc1cnc2[nH]ccc2c1NC1C2CC3CC1CC(O)(C3)C2)C(=O)O. The lowest BCUT2D eigenvalue weighted by atomic mass is 9.52. The van der Waals surface area contributed by atoms with Crippen molar-refractivity contribution >= 4 is 28.8 Å². The highest BCUT2D eigenvalue weighted by molar-refractivity contribution is 5.98. The first-order valence-electron chi connectivity index (χ1n) is 9.78. The summed E-state index contributed by atoms with van der Waals surface area (Å²) in [5.41, 5.74) is 2.37. The van der Waals surface area contributed by atoms with Crippen molar-refractivity contribution in [3.8, 4) is 0 Å². The van der Waals surface area contributed by atoms with Crippen LogP contribution in [-0.2, 0) is 4.79 Å². The molecule has 0 spiro atoms. The maximum Gasteiger partial charge on any atom is 0.331 e. The molecule has 27 heavy (non-hydrogen) atoms. The van der Waals surface area contributed by atoms with Crippen LogP contribution in [0.5, 0.6) is 0 Å². The molecule has 2 heterocycles. The molecule has 6 rings (SSSR count). The first-order valence-corrected chi connectivity index (χ1v) is 9.78. The van der Waals surface area contributed by atoms with Crippen molar-refractivity contribution in [2.75, 3.05) is 5.32 Å². The lowest BCUT2D eigenvalue weighted by Gasteiger charge is -2.58. The average Bonchev–Trinajstić information content (AvgIpc) is 3.06. The second-order valence-electron chi connectivity index (χ2n) is 8.83. The molecule has 2 atom stereocenters. The molecule has 0 radical (unpaired) electrons. The molecule has 4 aliphatic carbocycles. The minimum absolute atomic E-state index is 0.286. The summed E-state index contributed by atoms with van der Waals surface area (Å²) in [5.74, 6) is 0.678. The summed E-state index contributed by atoms with van der Waals surface area (Å²) in [4.78, 5) is 18.9. The lowest BCUT2D eigenvalue weighted by Crippen LogP contribution is -2.59. The van der Waals surface area contributed by atoms with Gasteiger partial charge in [-0.05, 0) is 68.9 Å². The topological polar surface area (TPSA) is 98.2 Å². The van der Waals surface area contributed by atoms with Gasteiger partial charge in [-0.25, -0.2) is 9.78 Å². The van der Waals surface area contributed by atoms with Crippen molar-refractivity contribution in [2.45, 2.75) is 50.7 Å². The predicted molar refractivity (Wildman–Crippen MR) is 103 cm³/mol. The van der Waals surface area contributed by atoms with Gasteiger partial charge in [-0.15, -0.1) is 0 Å². The van der Waals surface area contributed by atoms with Crippen molar-refractivity contribution in [2.24, 2.45) is 17.8 Å². The maximum absolute atomic E-state index is 11.3. The molecule has 4 aliphatic rings. The zero-order valence-corrected chi connectivity index (χ0v) is 15.4. The predicted octanol–water partition coefficient (Wildman–Crippen LogP) is 3.40. The Morgan fingerprint density at radius 3 is 2.74 bits per heavy atom. The van der Waals surface area contributed by atoms with Gasteiger partial charge >= 0.3 is 5.97 Å². The number of carboxylic acids is 1. The molecule has 6 nitrogen and oxygen atoms in total. The van der Waals surface area contributed by atoms with Gasteiger partial charge in [0.15, 0.2) is 0 Å². The van der Waals surface area contributed by atoms with Crippen LogP contribution >= 0.6 is 0 Å². The third kappa shape index (κ3) is 2.74. The fourth-order valence-corrected chi connectivity index (χ4v) is 5.97. The van der Waals surface area contributed by atoms with E-state index in [1.54, 1.807) is 19.2 Å². The van der Waals surface area contributed by atoms with Crippen LogP contribution in [0.25, 0.3) is 17.1 Å². The van der Waals surface area contributed by atoms with Gasteiger partial charge in [0.2, 0.25) is 0 Å². The number of fused-ring (bicyclic) bond motifs is 1. The number of nitrogens with one attached hydrogen (secondary N) is 2. The quantitative estimate of drug-likeness (QED) is 0.621. The molecule has 4 N–H and O–H groups in total. The number of hydrogen-bond acceptors (Lipinski definition) is 4. The number of aromatic amines is 1. The standard InChI is InChI=1S/C21H25N3O3/c1-11(20(25)26)4-15-10-23-19-16(2-3-22-19)18(15)24-17-13-5-12-6-14(17)9-21(27,7-12)8-13/h2-4,10,12-14,17,27H,5-9H2,1H3,(H,25,26)(H2,22,23,24). The van der Waals surface area contributed by atoms with Gasteiger partial charge in [0, 0.05) is 35.0 Å². The Morgan fingerprint density at radius 2 is 2.07 bits per heavy atom. The molecule has 0 aliphatic heterocycles. The number of carbonyl (C=O) groups is 1. The fourth-order valence-electron chi connectivity index (χ4n) is 5.97. The van der Waals surface area contributed by atoms with Crippen LogP contribution in [0.3, 0.4) is 0 Å². The van der Waals surface area contributed by atoms with Gasteiger partial charge in [0.25, 0.3) is 0 Å². The molecule has 4 bridgehead atoms. The van der Waals surface area contributed by atoms with E-state index in [2.05, 4.69) is 15.3 Å². The van der Waals surface area contributed by atoms with Crippen LogP contribution in [0.1, 0.15) is 44.6 Å². The normalized spacial score (nSPS) is 35.0. The highest BCUT2D eigenvalue weighted by atomic mass is 16.4. The smallest absolute Gasteiger partial charge is 0.331 e. The molecule has 142 valence electrons. The molecular formula is C21H25N3O3. The number of hydrogen-bond donors (Lipinski definition) is 4. The number of aliphatic hydroxyl groups is 1. The van der Waals surface area contributed by atoms with Gasteiger partial charge in [0.1, 0.15) is 5.65 Å². The monoisotopic (exact) mass is 367 g/mol. The highest BCUT2D eigenvalue weighted by Gasteiger charge is 2.54. The van der Waals surface area contributed by atoms with Gasteiger partial charge in [-0.1, -0.05) is 0 Å². The zero-order chi connectivity index (χ0) is 18.8. The highest BCUT2D eigenvalue weighted by Crippen LogP contribution is 2.56. The molecule has 4 fully saturated rings. The van der Waals surface area contributed by atoms with Crippen LogP contribution in [0.15, 0.2) is 24.0 Å². The fraction of sp³-hybridized carbons (Fsp3) is 0.524. The van der Waals surface area contributed by atoms with Gasteiger partial charge < -0.3 is 20.5 Å². The molecule has 0 saturated heterocycles. The number of nitrogens with zero attached hydrogens (tertiary/aromatic N) is 1. The van der Waals surface area contributed by atoms with E-state index >= 15 is 0 Å². The summed E-state index contributed by atoms with van der Waals surface area (Å²) in [7, 11) is 0. The Hall–Kier alpha value is -2.34. The second-order valence-corrected chi connectivity index (χ2v) is 8.83. The van der Waals surface area contributed by atoms with E-state index in [4.69, 9.17) is 0 Å². The minimum atomic E-state index is -0.924. The molecule has 0 aromatic carbocycles. The molecular weight excluding hydrogens is 342 g/mol. The van der Waals surface area contributed by atoms with E-state index in [0.29, 0.717) is 23.8 Å². The van der Waals surface area contributed by atoms with E-state index < -0.39 is 11.6 Å². The number of rotatable bonds is 4. The molecule has 6 heteroatoms. The number of aliphatic carboxylic acids is 1. The van der Waals surface area contributed by atoms with E-state index in [-0.39, 0.29) is 5.57 Å². The largest absolute Gasteiger partial charge is 0.478 e. The van der Waals surface area contributed by atoms with Crippen LogP contribution in [0, 0.1) is 17.8 Å². The third-order valence-electron chi connectivity index (χ3n) is 6.88. The molecule has 2 aromatic heterocycles. The number of H-pyrrole nitrogens is 1. The maximum atomic E-state index is 11.3. The zero-order valence-electron chi connectivity index (χ0n) is 15.4. The minimum Gasteiger partial charge on any atom is -0.478 e. The van der Waals surface area contributed by atoms with Gasteiger partial charge in [0.05, 0.1) is 11.3 Å². The number of pyridine rings is 1. The van der Waals surface area contributed by atoms with E-state index in [9.17, 15) is 15.0 Å². The number of anilines is 1. The van der Waals surface area contributed by atoms with Crippen LogP contribution in [-0.4, -0.2) is 37.8 Å². The van der Waals surface area contributed by atoms with Crippen molar-refractivity contribution in [3.63, 3.8) is 0 Å². The first-order chi connectivity index (χ1) is 12.9. The van der Waals surface area contributed by atoms with Crippen LogP contribution in [0.4, 0.5) is 5.69 Å². The van der Waals surface area contributed by atoms with Crippen molar-refractivity contribution in [1.29, 1.82) is 0 Å². The Kier molecular flexibility index (Phi) is 3.63. The lowest BCUT2D eigenvalue weighted by molar-refractivity contribution is -0.132. The molecule has 0 amide bonds. The van der Waals surface area contributed by atoms with Crippen molar-refractivity contribution in [3.05, 3.63) is 29.6 Å². The van der Waals surface area contributed by atoms with E-state index in [1.807, 2.05) is 12.3 Å². The van der Waals surface area contributed by atoms with Gasteiger partial charge in [-0.3, -0.25) is 0 Å². The summed E-state index contributed by atoms with van der Waals surface area (Å²) in [5, 5.41) is 24.9. The molecule has 4 saturated carbocycles. The Labute approximate surface area is 157 Å². The molecule has 2 unspecified atom stereocenters. The third-order valence-corrected chi connectivity index (χ3v) is 6.88. The summed E-state index contributed by atoms with van der Waals surface area (Å²) in [6, 6.07) is 2.31. The number of aromatic nitrogens is 2. The van der Waals surface area contributed by atoms with Crippen LogP contribution in [0.2, 0.25) is 0 Å². The summed E-state index contributed by atoms with van der Waals surface area (Å²) >= 11 is 0. The van der Waals surface area contributed by atoms with E-state index in [0.717, 1.165) is 41.5 Å². The second kappa shape index (κ2) is 5.83. The summed E-state index contributed by atoms with van der Waals surface area (Å²) < 4.78 is 0. The summed E-state index contributed by atoms with van der Waals surface area (Å²) in [6.45, 7) is 1.60. The average molecular weight is 367 g/mol. The Bertz CT molecular complexity index is 931. The Balaban J connectivity index is 1.54. The van der Waals surface area contributed by atoms with Crippen LogP contribution < -0.4 is 5.32 Å².